The van der Waals surface area contributed by atoms with E-state index in [2.05, 4.69) is 5.32 Å². The zero-order valence-electron chi connectivity index (χ0n) is 12.6. The first kappa shape index (κ1) is 18.1. The second kappa shape index (κ2) is 15.2. The third-order valence-electron chi connectivity index (χ3n) is 3.30. The molecule has 0 heterocycles. The topological polar surface area (TPSA) is 46.2 Å². The van der Waals surface area contributed by atoms with Crippen LogP contribution in [0.1, 0.15) is 84.0 Å². The van der Waals surface area contributed by atoms with Crippen molar-refractivity contribution in [2.75, 3.05) is 6.54 Å². The Hall–Kier alpha value is -0.860. The van der Waals surface area contributed by atoms with Crippen molar-refractivity contribution in [2.24, 2.45) is 0 Å². The first-order chi connectivity index (χ1) is 9.31. The second-order valence-electron chi connectivity index (χ2n) is 5.24. The van der Waals surface area contributed by atoms with Gasteiger partial charge in [0.2, 0.25) is 5.91 Å². The molecule has 0 rings (SSSR count). The van der Waals surface area contributed by atoms with Crippen LogP contribution in [0.4, 0.5) is 0 Å². The molecule has 0 radical (unpaired) electrons. The molecule has 0 bridgehead atoms. The molecule has 0 aliphatic rings. The SMILES string of the molecule is CCCC(=O)NCCCCCCCCCCCC=O. The van der Waals surface area contributed by atoms with Crippen molar-refractivity contribution in [3.63, 3.8) is 0 Å². The van der Waals surface area contributed by atoms with Gasteiger partial charge in [0.15, 0.2) is 0 Å². The van der Waals surface area contributed by atoms with Crippen molar-refractivity contribution in [3.05, 3.63) is 0 Å². The molecule has 1 N–H and O–H groups in total. The van der Waals surface area contributed by atoms with Crippen molar-refractivity contribution >= 4 is 12.2 Å². The molecule has 0 spiro atoms. The zero-order chi connectivity index (χ0) is 14.2. The van der Waals surface area contributed by atoms with E-state index in [1.807, 2.05) is 6.92 Å². The van der Waals surface area contributed by atoms with Gasteiger partial charge in [0.1, 0.15) is 6.29 Å². The Labute approximate surface area is 118 Å². The predicted molar refractivity (Wildman–Crippen MR) is 80.2 cm³/mol. The number of nitrogens with one attached hydrogen (secondary N) is 1. The van der Waals surface area contributed by atoms with Crippen molar-refractivity contribution in [1.29, 1.82) is 0 Å². The number of rotatable bonds is 14. The van der Waals surface area contributed by atoms with Crippen molar-refractivity contribution in [2.45, 2.75) is 84.0 Å². The molecule has 112 valence electrons. The van der Waals surface area contributed by atoms with E-state index in [9.17, 15) is 9.59 Å². The van der Waals surface area contributed by atoms with E-state index in [0.29, 0.717) is 6.42 Å². The lowest BCUT2D eigenvalue weighted by Gasteiger charge is -2.04. The van der Waals surface area contributed by atoms with E-state index in [1.54, 1.807) is 0 Å². The summed E-state index contributed by atoms with van der Waals surface area (Å²) >= 11 is 0. The quantitative estimate of drug-likeness (QED) is 0.382. The minimum absolute atomic E-state index is 0.192. The Morgan fingerprint density at radius 1 is 0.895 bits per heavy atom. The molecule has 1 amide bonds. The molecule has 0 aromatic heterocycles. The number of aldehydes is 1. The highest BCUT2D eigenvalue weighted by atomic mass is 16.1. The van der Waals surface area contributed by atoms with Gasteiger partial charge in [-0.1, -0.05) is 51.9 Å². The normalized spacial score (nSPS) is 10.4. The molecule has 19 heavy (non-hydrogen) atoms. The van der Waals surface area contributed by atoms with E-state index in [-0.39, 0.29) is 5.91 Å². The van der Waals surface area contributed by atoms with Gasteiger partial charge in [-0.25, -0.2) is 0 Å². The fourth-order valence-electron chi connectivity index (χ4n) is 2.13. The van der Waals surface area contributed by atoms with Gasteiger partial charge >= 0.3 is 0 Å². The largest absolute Gasteiger partial charge is 0.356 e. The highest BCUT2D eigenvalue weighted by Crippen LogP contribution is 2.09. The summed E-state index contributed by atoms with van der Waals surface area (Å²) in [5.74, 6) is 0.192. The molecule has 0 atom stereocenters. The van der Waals surface area contributed by atoms with Crippen LogP contribution in [0.5, 0.6) is 0 Å². The summed E-state index contributed by atoms with van der Waals surface area (Å²) < 4.78 is 0. The van der Waals surface area contributed by atoms with E-state index in [0.717, 1.165) is 38.5 Å². The van der Waals surface area contributed by atoms with Crippen LogP contribution >= 0.6 is 0 Å². The molecule has 0 aromatic carbocycles. The average molecular weight is 269 g/mol. The lowest BCUT2D eigenvalue weighted by Crippen LogP contribution is -2.23. The maximum atomic E-state index is 11.2. The molecular formula is C16H31NO2. The van der Waals surface area contributed by atoms with E-state index < -0.39 is 0 Å². The molecule has 0 fully saturated rings. The second-order valence-corrected chi connectivity index (χ2v) is 5.24. The summed E-state index contributed by atoms with van der Waals surface area (Å²) in [4.78, 5) is 21.3. The highest BCUT2D eigenvalue weighted by Gasteiger charge is 1.97. The number of carbonyl (C=O) groups is 2. The number of hydrogen-bond donors (Lipinski definition) is 1. The van der Waals surface area contributed by atoms with E-state index >= 15 is 0 Å². The average Bonchev–Trinajstić information content (AvgIpc) is 2.40. The fourth-order valence-corrected chi connectivity index (χ4v) is 2.13. The minimum atomic E-state index is 0.192. The van der Waals surface area contributed by atoms with Crippen LogP contribution in [0.3, 0.4) is 0 Å². The lowest BCUT2D eigenvalue weighted by atomic mass is 10.1. The smallest absolute Gasteiger partial charge is 0.219 e. The number of amides is 1. The Morgan fingerprint density at radius 2 is 1.42 bits per heavy atom. The third-order valence-corrected chi connectivity index (χ3v) is 3.30. The van der Waals surface area contributed by atoms with Gasteiger partial charge in [0.05, 0.1) is 0 Å². The third kappa shape index (κ3) is 15.1. The maximum Gasteiger partial charge on any atom is 0.219 e. The first-order valence-corrected chi connectivity index (χ1v) is 8.01. The Kier molecular flexibility index (Phi) is 14.5. The minimum Gasteiger partial charge on any atom is -0.356 e. The Morgan fingerprint density at radius 3 is 1.95 bits per heavy atom. The van der Waals surface area contributed by atoms with Crippen molar-refractivity contribution in [3.8, 4) is 0 Å². The van der Waals surface area contributed by atoms with Crippen LogP contribution in [0.2, 0.25) is 0 Å². The molecule has 0 aliphatic carbocycles. The highest BCUT2D eigenvalue weighted by molar-refractivity contribution is 5.75. The number of unbranched alkanes of at least 4 members (excludes halogenated alkanes) is 9. The molecule has 3 nitrogen and oxygen atoms in total. The molecule has 3 heteroatoms. The summed E-state index contributed by atoms with van der Waals surface area (Å²) in [6.07, 6.45) is 14.4. The van der Waals surface area contributed by atoms with Crippen LogP contribution in [0.25, 0.3) is 0 Å². The van der Waals surface area contributed by atoms with Crippen LogP contribution < -0.4 is 5.32 Å². The van der Waals surface area contributed by atoms with Gasteiger partial charge in [-0.3, -0.25) is 4.79 Å². The first-order valence-electron chi connectivity index (χ1n) is 8.01. The van der Waals surface area contributed by atoms with Gasteiger partial charge in [-0.05, 0) is 19.3 Å². The van der Waals surface area contributed by atoms with Crippen molar-refractivity contribution in [1.82, 2.24) is 5.32 Å². The van der Waals surface area contributed by atoms with E-state index in [4.69, 9.17) is 0 Å². The molecule has 0 saturated heterocycles. The standard InChI is InChI=1S/C16H31NO2/c1-2-13-16(19)17-14-11-9-7-5-3-4-6-8-10-12-15-18/h15H,2-14H2,1H3,(H,17,19). The fraction of sp³-hybridized carbons (Fsp3) is 0.875. The molecule has 0 unspecified atom stereocenters. The Balaban J connectivity index is 3.02. The monoisotopic (exact) mass is 269 g/mol. The van der Waals surface area contributed by atoms with Gasteiger partial charge in [-0.2, -0.15) is 0 Å². The van der Waals surface area contributed by atoms with Crippen LogP contribution in [0, 0.1) is 0 Å². The van der Waals surface area contributed by atoms with Gasteiger partial charge in [0.25, 0.3) is 0 Å². The van der Waals surface area contributed by atoms with Crippen LogP contribution in [0.15, 0.2) is 0 Å². The number of hydrogen-bond acceptors (Lipinski definition) is 2. The van der Waals surface area contributed by atoms with Gasteiger partial charge < -0.3 is 10.1 Å². The summed E-state index contributed by atoms with van der Waals surface area (Å²) in [7, 11) is 0. The summed E-state index contributed by atoms with van der Waals surface area (Å²) in [5.41, 5.74) is 0. The number of carbonyl (C=O) groups excluding carboxylic acids is 2. The van der Waals surface area contributed by atoms with Crippen molar-refractivity contribution < 1.29 is 9.59 Å². The molecule has 0 aliphatic heterocycles. The summed E-state index contributed by atoms with van der Waals surface area (Å²) in [5, 5.41) is 2.95. The van der Waals surface area contributed by atoms with E-state index in [1.165, 1.54) is 44.9 Å². The molecular weight excluding hydrogens is 238 g/mol. The van der Waals surface area contributed by atoms with Gasteiger partial charge in [-0.15, -0.1) is 0 Å². The maximum absolute atomic E-state index is 11.2. The predicted octanol–water partition coefficient (Wildman–Crippen LogP) is 4.00. The zero-order valence-corrected chi connectivity index (χ0v) is 12.6. The Bertz CT molecular complexity index is 217. The molecule has 0 aromatic rings. The van der Waals surface area contributed by atoms with Crippen LogP contribution in [-0.2, 0) is 9.59 Å². The summed E-state index contributed by atoms with van der Waals surface area (Å²) in [6, 6.07) is 0. The lowest BCUT2D eigenvalue weighted by molar-refractivity contribution is -0.121. The molecule has 0 saturated carbocycles. The summed E-state index contributed by atoms with van der Waals surface area (Å²) in [6.45, 7) is 2.86. The van der Waals surface area contributed by atoms with Crippen LogP contribution in [-0.4, -0.2) is 18.7 Å². The van der Waals surface area contributed by atoms with Gasteiger partial charge in [0, 0.05) is 19.4 Å².